The number of carbonyl (C=O) groups excluding carboxylic acids is 2. The summed E-state index contributed by atoms with van der Waals surface area (Å²) in [7, 11) is -4.76. The number of carbonyl (C=O) groups is 2. The molecule has 0 amide bonds. The maximum atomic E-state index is 12.2. The van der Waals surface area contributed by atoms with Crippen LogP contribution in [0.4, 0.5) is 0 Å². The van der Waals surface area contributed by atoms with Gasteiger partial charge in [0.05, 0.1) is 19.6 Å². The second kappa shape index (κ2) is 32.8. The molecule has 0 rings (SSSR count). The molecule has 0 bridgehead atoms. The predicted octanol–water partition coefficient (Wildman–Crippen LogP) is 7.04. The minimum absolute atomic E-state index is 0. The van der Waals surface area contributed by atoms with Gasteiger partial charge in [-0.25, -0.2) is 0 Å². The van der Waals surface area contributed by atoms with Crippen LogP contribution in [0.1, 0.15) is 162 Å². The molecule has 0 fully saturated rings. The minimum atomic E-state index is -4.76. The van der Waals surface area contributed by atoms with Crippen LogP contribution < -0.4 is 0 Å². The van der Waals surface area contributed by atoms with Crippen molar-refractivity contribution >= 4 is 81.2 Å². The first kappa shape index (κ1) is 45.3. The first-order chi connectivity index (χ1) is 18.3. The molecular weight excluding hydrogens is 550 g/mol. The molecule has 0 aromatic heterocycles. The van der Waals surface area contributed by atoms with Crippen LogP contribution in [-0.2, 0) is 29.2 Å². The quantitative estimate of drug-likeness (QED) is 0.0438. The molecule has 0 saturated heterocycles. The standard InChI is InChI=1S/C30H58O7S.2Na.2H/c1-3-5-7-9-11-13-15-16-18-19-21-23-25-36-29(31)27-28(38(33,34)35)30(32)37-26-24-22-20-17-14-12-10-8-6-4-2;;;;/h28H,3-27H2,1-2H3,(H,33,34,35);;;;. The van der Waals surface area contributed by atoms with Crippen molar-refractivity contribution in [3.05, 3.63) is 0 Å². The van der Waals surface area contributed by atoms with E-state index in [-0.39, 0.29) is 72.3 Å². The van der Waals surface area contributed by atoms with Crippen LogP contribution in [-0.4, -0.2) is 102 Å². The van der Waals surface area contributed by atoms with Crippen LogP contribution >= 0.6 is 0 Å². The zero-order valence-corrected chi connectivity index (χ0v) is 25.4. The van der Waals surface area contributed by atoms with Crippen molar-refractivity contribution in [2.75, 3.05) is 13.2 Å². The molecule has 0 aliphatic carbocycles. The fraction of sp³-hybridized carbons (Fsp3) is 0.933. The normalized spacial score (nSPS) is 11.8. The Hall–Kier alpha value is 0.850. The average molecular weight is 611 g/mol. The first-order valence-corrected chi connectivity index (χ1v) is 17.1. The summed E-state index contributed by atoms with van der Waals surface area (Å²) >= 11 is 0. The van der Waals surface area contributed by atoms with E-state index in [1.807, 2.05) is 0 Å². The summed E-state index contributed by atoms with van der Waals surface area (Å²) in [5.74, 6) is -1.91. The summed E-state index contributed by atoms with van der Waals surface area (Å²) < 4.78 is 42.9. The second-order valence-corrected chi connectivity index (χ2v) is 12.3. The topological polar surface area (TPSA) is 107 Å². The van der Waals surface area contributed by atoms with Crippen molar-refractivity contribution in [2.24, 2.45) is 0 Å². The maximum absolute atomic E-state index is 12.2. The van der Waals surface area contributed by atoms with Crippen molar-refractivity contribution in [1.29, 1.82) is 0 Å². The number of ether oxygens (including phenoxy) is 2. The third-order valence-corrected chi connectivity index (χ3v) is 8.06. The van der Waals surface area contributed by atoms with Crippen LogP contribution in [0, 0.1) is 0 Å². The Morgan fingerprint density at radius 1 is 0.550 bits per heavy atom. The summed E-state index contributed by atoms with van der Waals surface area (Å²) in [6, 6.07) is 0. The zero-order valence-electron chi connectivity index (χ0n) is 24.6. The number of esters is 2. The van der Waals surface area contributed by atoms with Crippen LogP contribution in [0.2, 0.25) is 0 Å². The molecule has 230 valence electrons. The molecule has 0 spiro atoms. The Morgan fingerprint density at radius 3 is 1.18 bits per heavy atom. The molecule has 40 heavy (non-hydrogen) atoms. The Morgan fingerprint density at radius 2 is 0.850 bits per heavy atom. The molecule has 10 heteroatoms. The van der Waals surface area contributed by atoms with Crippen molar-refractivity contribution in [1.82, 2.24) is 0 Å². The number of rotatable bonds is 28. The molecule has 7 nitrogen and oxygen atoms in total. The van der Waals surface area contributed by atoms with Crippen molar-refractivity contribution in [3.8, 4) is 0 Å². The van der Waals surface area contributed by atoms with E-state index in [0.29, 0.717) is 12.8 Å². The van der Waals surface area contributed by atoms with Gasteiger partial charge in [-0.15, -0.1) is 0 Å². The summed E-state index contributed by atoms with van der Waals surface area (Å²) in [5.41, 5.74) is 0. The summed E-state index contributed by atoms with van der Waals surface area (Å²) in [6.45, 7) is 4.70. The fourth-order valence-corrected chi connectivity index (χ4v) is 5.16. The van der Waals surface area contributed by atoms with E-state index in [1.165, 1.54) is 96.3 Å². The van der Waals surface area contributed by atoms with E-state index in [1.54, 1.807) is 0 Å². The average Bonchev–Trinajstić information content (AvgIpc) is 2.87. The van der Waals surface area contributed by atoms with Gasteiger partial charge < -0.3 is 9.47 Å². The van der Waals surface area contributed by atoms with E-state index in [9.17, 15) is 22.6 Å². The van der Waals surface area contributed by atoms with Crippen molar-refractivity contribution in [2.45, 2.75) is 167 Å². The van der Waals surface area contributed by atoms with E-state index in [4.69, 9.17) is 9.47 Å². The van der Waals surface area contributed by atoms with Crippen LogP contribution in [0.3, 0.4) is 0 Å². The molecule has 0 saturated carbocycles. The summed E-state index contributed by atoms with van der Waals surface area (Å²) in [5, 5.41) is -1.93. The molecule has 0 heterocycles. The van der Waals surface area contributed by atoms with E-state index < -0.39 is 33.7 Å². The van der Waals surface area contributed by atoms with Crippen LogP contribution in [0.25, 0.3) is 0 Å². The number of hydrogen-bond acceptors (Lipinski definition) is 6. The van der Waals surface area contributed by atoms with Gasteiger partial charge in [0, 0.05) is 0 Å². The van der Waals surface area contributed by atoms with Crippen LogP contribution in [0.15, 0.2) is 0 Å². The summed E-state index contributed by atoms with van der Waals surface area (Å²) in [4.78, 5) is 24.3. The van der Waals surface area contributed by atoms with Crippen molar-refractivity contribution in [3.63, 3.8) is 0 Å². The Kier molecular flexibility index (Phi) is 37.1. The molecule has 1 N–H and O–H groups in total. The summed E-state index contributed by atoms with van der Waals surface area (Å²) in [6.07, 6.45) is 24.9. The van der Waals surface area contributed by atoms with E-state index >= 15 is 0 Å². The molecule has 0 aliphatic rings. The Labute approximate surface area is 290 Å². The first-order valence-electron chi connectivity index (χ1n) is 15.6. The van der Waals surface area contributed by atoms with Gasteiger partial charge in [-0.3, -0.25) is 14.1 Å². The molecule has 1 unspecified atom stereocenters. The van der Waals surface area contributed by atoms with E-state index in [2.05, 4.69) is 13.8 Å². The number of hydrogen-bond donors (Lipinski definition) is 1. The Bertz CT molecular complexity index is 675. The third kappa shape index (κ3) is 30.3. The van der Waals surface area contributed by atoms with Gasteiger partial charge in [0.2, 0.25) is 0 Å². The van der Waals surface area contributed by atoms with Gasteiger partial charge in [0.15, 0.2) is 5.25 Å². The van der Waals surface area contributed by atoms with Crippen molar-refractivity contribution < 1.29 is 32.0 Å². The molecule has 0 radical (unpaired) electrons. The van der Waals surface area contributed by atoms with Gasteiger partial charge in [0.1, 0.15) is 0 Å². The van der Waals surface area contributed by atoms with Crippen LogP contribution in [0.5, 0.6) is 0 Å². The zero-order chi connectivity index (χ0) is 28.3. The predicted molar refractivity (Wildman–Crippen MR) is 169 cm³/mol. The second-order valence-electron chi connectivity index (χ2n) is 10.7. The molecule has 0 aromatic rings. The molecule has 0 aliphatic heterocycles. The Balaban J connectivity index is -0.00000684. The monoisotopic (exact) mass is 610 g/mol. The van der Waals surface area contributed by atoms with Gasteiger partial charge in [-0.2, -0.15) is 8.42 Å². The van der Waals surface area contributed by atoms with E-state index in [0.717, 1.165) is 32.1 Å². The van der Waals surface area contributed by atoms with Gasteiger partial charge >= 0.3 is 71.1 Å². The van der Waals surface area contributed by atoms with Gasteiger partial charge in [0.25, 0.3) is 10.1 Å². The SMILES string of the molecule is CCCCCCCCCCCCCCOC(=O)CC(C(=O)OCCCCCCCCCCCC)S(=O)(=O)O.[NaH].[NaH]. The molecule has 1 atom stereocenters. The molecule has 0 aromatic carbocycles. The van der Waals surface area contributed by atoms with Gasteiger partial charge in [-0.1, -0.05) is 142 Å². The number of unbranched alkanes of at least 4 members (excludes halogenated alkanes) is 20. The third-order valence-electron chi connectivity index (χ3n) is 6.98. The van der Waals surface area contributed by atoms with Gasteiger partial charge in [-0.05, 0) is 12.8 Å². The fourth-order valence-electron chi connectivity index (χ4n) is 4.50. The molecular formula is C30H60Na2O7S.